The molecule has 0 bridgehead atoms. The van der Waals surface area contributed by atoms with E-state index in [1.54, 1.807) is 12.1 Å². The van der Waals surface area contributed by atoms with E-state index in [1.807, 2.05) is 26.1 Å². The van der Waals surface area contributed by atoms with Gasteiger partial charge in [0.05, 0.1) is 6.54 Å². The van der Waals surface area contributed by atoms with E-state index in [9.17, 15) is 4.39 Å². The van der Waals surface area contributed by atoms with Crippen LogP contribution in [0.5, 0.6) is 0 Å². The first-order valence-electron chi connectivity index (χ1n) is 4.59. The first-order valence-corrected chi connectivity index (χ1v) is 4.59. The molecule has 0 unspecified atom stereocenters. The van der Waals surface area contributed by atoms with E-state index < -0.39 is 0 Å². The summed E-state index contributed by atoms with van der Waals surface area (Å²) in [7, 11) is 0. The van der Waals surface area contributed by atoms with E-state index in [4.69, 9.17) is 0 Å². The van der Waals surface area contributed by atoms with Crippen molar-refractivity contribution in [2.24, 2.45) is 4.99 Å². The summed E-state index contributed by atoms with van der Waals surface area (Å²) >= 11 is 0. The van der Waals surface area contributed by atoms with Crippen LogP contribution < -0.4 is 0 Å². The number of aliphatic imine (C=N–C) groups is 1. The Hall–Kier alpha value is -1.44. The molecule has 0 amide bonds. The summed E-state index contributed by atoms with van der Waals surface area (Å²) in [4.78, 5) is 4.23. The van der Waals surface area contributed by atoms with Crippen LogP contribution in [0, 0.1) is 5.82 Å². The molecule has 1 aromatic rings. The molecule has 0 N–H and O–H groups in total. The van der Waals surface area contributed by atoms with Crippen LogP contribution in [0.2, 0.25) is 0 Å². The summed E-state index contributed by atoms with van der Waals surface area (Å²) < 4.78 is 12.5. The summed E-state index contributed by atoms with van der Waals surface area (Å²) in [6.45, 7) is 4.57. The third-order valence-corrected chi connectivity index (χ3v) is 1.94. The molecule has 0 spiro atoms. The average molecular weight is 191 g/mol. The number of allylic oxidation sites excluding steroid dienone is 2. The fraction of sp³-hybridized carbons (Fsp3) is 0.250. The lowest BCUT2D eigenvalue weighted by Crippen LogP contribution is -1.84. The van der Waals surface area contributed by atoms with Gasteiger partial charge in [-0.1, -0.05) is 18.2 Å². The Bertz CT molecular complexity index is 336. The fourth-order valence-corrected chi connectivity index (χ4v) is 0.959. The van der Waals surface area contributed by atoms with Crippen LogP contribution >= 0.6 is 0 Å². The van der Waals surface area contributed by atoms with Gasteiger partial charge in [-0.2, -0.15) is 0 Å². The van der Waals surface area contributed by atoms with Crippen LogP contribution in [0.25, 0.3) is 0 Å². The second kappa shape index (κ2) is 5.32. The lowest BCUT2D eigenvalue weighted by molar-refractivity contribution is 0.627. The quantitative estimate of drug-likeness (QED) is 0.649. The average Bonchev–Trinajstić information content (AvgIpc) is 2.21. The third-order valence-electron chi connectivity index (χ3n) is 1.94. The first-order chi connectivity index (χ1) is 6.72. The standard InChI is InChI=1S/C12H14FN/c1-3-10(2)8-14-9-11-4-6-12(13)7-5-11/h3-8H,9H2,1-2H3/b10-3-,14-8?. The van der Waals surface area contributed by atoms with E-state index in [-0.39, 0.29) is 5.82 Å². The summed E-state index contributed by atoms with van der Waals surface area (Å²) in [5.41, 5.74) is 2.15. The van der Waals surface area contributed by atoms with Crippen molar-refractivity contribution in [3.63, 3.8) is 0 Å². The summed E-state index contributed by atoms with van der Waals surface area (Å²) in [5, 5.41) is 0. The molecule has 1 rings (SSSR count). The Balaban J connectivity index is 2.54. The molecule has 2 heteroatoms. The highest BCUT2D eigenvalue weighted by atomic mass is 19.1. The predicted octanol–water partition coefficient (Wildman–Crippen LogP) is 3.36. The number of hydrogen-bond donors (Lipinski definition) is 0. The van der Waals surface area contributed by atoms with Crippen molar-refractivity contribution in [3.8, 4) is 0 Å². The van der Waals surface area contributed by atoms with Gasteiger partial charge in [-0.25, -0.2) is 4.39 Å². The van der Waals surface area contributed by atoms with Gasteiger partial charge >= 0.3 is 0 Å². The maximum absolute atomic E-state index is 12.5. The van der Waals surface area contributed by atoms with Crippen LogP contribution in [0.1, 0.15) is 19.4 Å². The molecule has 0 fully saturated rings. The zero-order valence-electron chi connectivity index (χ0n) is 8.50. The number of hydrogen-bond acceptors (Lipinski definition) is 1. The van der Waals surface area contributed by atoms with Crippen LogP contribution in [0.15, 0.2) is 40.9 Å². The maximum Gasteiger partial charge on any atom is 0.123 e. The molecule has 0 saturated carbocycles. The Morgan fingerprint density at radius 2 is 2.00 bits per heavy atom. The molecule has 0 aliphatic heterocycles. The molecule has 0 heterocycles. The highest BCUT2D eigenvalue weighted by Crippen LogP contribution is 2.03. The van der Waals surface area contributed by atoms with Gasteiger partial charge in [0.25, 0.3) is 0 Å². The number of benzene rings is 1. The van der Waals surface area contributed by atoms with Crippen LogP contribution in [0.3, 0.4) is 0 Å². The molecule has 1 nitrogen and oxygen atoms in total. The molecular weight excluding hydrogens is 177 g/mol. The zero-order valence-corrected chi connectivity index (χ0v) is 8.50. The van der Waals surface area contributed by atoms with Gasteiger partial charge in [-0.3, -0.25) is 4.99 Å². The van der Waals surface area contributed by atoms with Gasteiger partial charge in [0.2, 0.25) is 0 Å². The van der Waals surface area contributed by atoms with Crippen molar-refractivity contribution in [2.75, 3.05) is 0 Å². The Kier molecular flexibility index (Phi) is 4.05. The van der Waals surface area contributed by atoms with Crippen LogP contribution in [-0.4, -0.2) is 6.21 Å². The minimum atomic E-state index is -0.206. The van der Waals surface area contributed by atoms with Crippen LogP contribution in [-0.2, 0) is 6.54 Å². The lowest BCUT2D eigenvalue weighted by Gasteiger charge is -1.95. The third kappa shape index (κ3) is 3.52. The predicted molar refractivity (Wildman–Crippen MR) is 58.0 cm³/mol. The minimum absolute atomic E-state index is 0.206. The van der Waals surface area contributed by atoms with Crippen molar-refractivity contribution >= 4 is 6.21 Å². The molecule has 0 aromatic heterocycles. The SMILES string of the molecule is C/C=C(/C)C=NCc1ccc(F)cc1. The van der Waals surface area contributed by atoms with Crippen molar-refractivity contribution in [2.45, 2.75) is 20.4 Å². The monoisotopic (exact) mass is 191 g/mol. The molecule has 1 aromatic carbocycles. The normalized spacial score (nSPS) is 12.4. The van der Waals surface area contributed by atoms with Crippen molar-refractivity contribution in [3.05, 3.63) is 47.3 Å². The summed E-state index contributed by atoms with van der Waals surface area (Å²) in [6, 6.07) is 6.40. The molecule has 14 heavy (non-hydrogen) atoms. The molecule has 0 radical (unpaired) electrons. The van der Waals surface area contributed by atoms with Gasteiger partial charge in [-0.15, -0.1) is 0 Å². The smallest absolute Gasteiger partial charge is 0.123 e. The van der Waals surface area contributed by atoms with Crippen molar-refractivity contribution in [1.82, 2.24) is 0 Å². The Labute approximate surface area is 84.0 Å². The molecule has 0 aliphatic carbocycles. The molecule has 0 atom stereocenters. The Morgan fingerprint density at radius 1 is 1.36 bits per heavy atom. The lowest BCUT2D eigenvalue weighted by atomic mass is 10.2. The zero-order chi connectivity index (χ0) is 10.4. The fourth-order valence-electron chi connectivity index (χ4n) is 0.959. The number of halogens is 1. The topological polar surface area (TPSA) is 12.4 Å². The van der Waals surface area contributed by atoms with Crippen LogP contribution in [0.4, 0.5) is 4.39 Å². The first kappa shape index (κ1) is 10.6. The highest BCUT2D eigenvalue weighted by molar-refractivity contribution is 5.77. The second-order valence-electron chi connectivity index (χ2n) is 3.13. The van der Waals surface area contributed by atoms with Gasteiger partial charge in [-0.05, 0) is 37.1 Å². The minimum Gasteiger partial charge on any atom is -0.288 e. The van der Waals surface area contributed by atoms with E-state index in [2.05, 4.69) is 4.99 Å². The van der Waals surface area contributed by atoms with E-state index in [0.717, 1.165) is 11.1 Å². The largest absolute Gasteiger partial charge is 0.288 e. The number of nitrogens with zero attached hydrogens (tertiary/aromatic N) is 1. The van der Waals surface area contributed by atoms with Gasteiger partial charge < -0.3 is 0 Å². The van der Waals surface area contributed by atoms with Gasteiger partial charge in [0, 0.05) is 6.21 Å². The van der Waals surface area contributed by atoms with Crippen molar-refractivity contribution < 1.29 is 4.39 Å². The van der Waals surface area contributed by atoms with Gasteiger partial charge in [0.15, 0.2) is 0 Å². The molecule has 0 aliphatic rings. The molecule has 74 valence electrons. The second-order valence-corrected chi connectivity index (χ2v) is 3.13. The van der Waals surface area contributed by atoms with E-state index >= 15 is 0 Å². The molecule has 0 saturated heterocycles. The van der Waals surface area contributed by atoms with E-state index in [1.165, 1.54) is 12.1 Å². The number of rotatable bonds is 3. The van der Waals surface area contributed by atoms with Gasteiger partial charge in [0.1, 0.15) is 5.82 Å². The summed E-state index contributed by atoms with van der Waals surface area (Å²) in [5.74, 6) is -0.206. The molecular formula is C12H14FN. The maximum atomic E-state index is 12.5. The summed E-state index contributed by atoms with van der Waals surface area (Å²) in [6.07, 6.45) is 3.82. The van der Waals surface area contributed by atoms with Crippen molar-refractivity contribution in [1.29, 1.82) is 0 Å². The highest BCUT2D eigenvalue weighted by Gasteiger charge is 1.90. The van der Waals surface area contributed by atoms with E-state index in [0.29, 0.717) is 6.54 Å². The Morgan fingerprint density at radius 3 is 2.57 bits per heavy atom.